The van der Waals surface area contributed by atoms with Gasteiger partial charge in [-0.15, -0.1) is 0 Å². The van der Waals surface area contributed by atoms with Crippen LogP contribution in [-0.4, -0.2) is 27.5 Å². The Morgan fingerprint density at radius 2 is 2.43 bits per heavy atom. The fourth-order valence-electron chi connectivity index (χ4n) is 1.26. The summed E-state index contributed by atoms with van der Waals surface area (Å²) in [6, 6.07) is 3.71. The van der Waals surface area contributed by atoms with Gasteiger partial charge in [0.2, 0.25) is 5.91 Å². The van der Waals surface area contributed by atoms with Crippen LogP contribution in [0.2, 0.25) is 0 Å². The fraction of sp³-hybridized carbons (Fsp3) is 0.222. The lowest BCUT2D eigenvalue weighted by Crippen LogP contribution is -2.22. The van der Waals surface area contributed by atoms with Crippen LogP contribution in [-0.2, 0) is 11.3 Å². The van der Waals surface area contributed by atoms with E-state index in [0.29, 0.717) is 5.65 Å². The van der Waals surface area contributed by atoms with Crippen LogP contribution in [0.25, 0.3) is 11.2 Å². The maximum atomic E-state index is 11.1. The van der Waals surface area contributed by atoms with E-state index < -0.39 is 0 Å². The molecule has 0 radical (unpaired) electrons. The zero-order valence-electron chi connectivity index (χ0n) is 7.77. The van der Waals surface area contributed by atoms with Gasteiger partial charge in [0.05, 0.1) is 11.8 Å². The number of likely N-dealkylation sites (N-methyl/N-ethyl adjacent to an activating group) is 1. The number of nitrogens with one attached hydrogen (secondary N) is 1. The van der Waals surface area contributed by atoms with Crippen molar-refractivity contribution >= 4 is 17.1 Å². The van der Waals surface area contributed by atoms with Gasteiger partial charge in [-0.05, 0) is 12.1 Å². The van der Waals surface area contributed by atoms with Crippen molar-refractivity contribution < 1.29 is 4.79 Å². The molecule has 0 aliphatic carbocycles. The normalized spacial score (nSPS) is 10.4. The average molecular weight is 190 g/mol. The second-order valence-electron chi connectivity index (χ2n) is 2.89. The molecule has 1 N–H and O–H groups in total. The van der Waals surface area contributed by atoms with Crippen LogP contribution in [0, 0.1) is 0 Å². The molecule has 1 amide bonds. The Labute approximate surface area is 80.8 Å². The molecule has 2 rings (SSSR count). The summed E-state index contributed by atoms with van der Waals surface area (Å²) < 4.78 is 1.77. The molecular weight excluding hydrogens is 180 g/mol. The molecule has 0 atom stereocenters. The lowest BCUT2D eigenvalue weighted by Gasteiger charge is -2.01. The summed E-state index contributed by atoms with van der Waals surface area (Å²) in [6.45, 7) is 0.276. The highest BCUT2D eigenvalue weighted by Crippen LogP contribution is 2.08. The summed E-state index contributed by atoms with van der Waals surface area (Å²) >= 11 is 0. The Bertz CT molecular complexity index is 463. The first kappa shape index (κ1) is 8.68. The molecule has 0 bridgehead atoms. The number of imidazole rings is 1. The summed E-state index contributed by atoms with van der Waals surface area (Å²) in [5, 5.41) is 2.56. The van der Waals surface area contributed by atoms with E-state index in [0.717, 1.165) is 5.52 Å². The minimum absolute atomic E-state index is 0.0480. The van der Waals surface area contributed by atoms with Crippen molar-refractivity contribution in [3.63, 3.8) is 0 Å². The lowest BCUT2D eigenvalue weighted by molar-refractivity contribution is -0.121. The Balaban J connectivity index is 2.38. The van der Waals surface area contributed by atoms with Gasteiger partial charge in [0.1, 0.15) is 6.54 Å². The highest BCUT2D eigenvalue weighted by Gasteiger charge is 2.05. The number of aromatic nitrogens is 3. The van der Waals surface area contributed by atoms with Crippen LogP contribution in [0.1, 0.15) is 0 Å². The Hall–Kier alpha value is -1.91. The first-order chi connectivity index (χ1) is 6.81. The van der Waals surface area contributed by atoms with Gasteiger partial charge in [0.15, 0.2) is 5.65 Å². The second kappa shape index (κ2) is 3.45. The molecule has 0 saturated carbocycles. The number of pyridine rings is 1. The van der Waals surface area contributed by atoms with Crippen LogP contribution in [0.15, 0.2) is 24.7 Å². The van der Waals surface area contributed by atoms with Gasteiger partial charge in [0.25, 0.3) is 0 Å². The van der Waals surface area contributed by atoms with E-state index in [4.69, 9.17) is 0 Å². The van der Waals surface area contributed by atoms with Crippen LogP contribution >= 0.6 is 0 Å². The Morgan fingerprint density at radius 1 is 1.57 bits per heavy atom. The van der Waals surface area contributed by atoms with Crippen molar-refractivity contribution in [2.75, 3.05) is 7.05 Å². The molecule has 5 nitrogen and oxygen atoms in total. The zero-order chi connectivity index (χ0) is 9.97. The SMILES string of the molecule is CNC(=O)Cn1cnc2ncccc21. The third-order valence-corrected chi connectivity index (χ3v) is 1.99. The van der Waals surface area contributed by atoms with Gasteiger partial charge in [-0.25, -0.2) is 9.97 Å². The number of hydrogen-bond acceptors (Lipinski definition) is 3. The summed E-state index contributed by atoms with van der Waals surface area (Å²) in [7, 11) is 1.61. The standard InChI is InChI=1S/C9H10N4O/c1-10-8(14)5-13-6-12-9-7(13)3-2-4-11-9/h2-4,6H,5H2,1H3,(H,10,14). The minimum Gasteiger partial charge on any atom is -0.358 e. The molecule has 2 aromatic rings. The quantitative estimate of drug-likeness (QED) is 0.734. The summed E-state index contributed by atoms with van der Waals surface area (Å²) in [6.07, 6.45) is 3.30. The number of rotatable bonds is 2. The maximum absolute atomic E-state index is 11.1. The average Bonchev–Trinajstić information content (AvgIpc) is 2.62. The molecule has 0 saturated heterocycles. The number of carbonyl (C=O) groups excluding carboxylic acids is 1. The van der Waals surface area contributed by atoms with E-state index >= 15 is 0 Å². The molecule has 0 spiro atoms. The van der Waals surface area contributed by atoms with Crippen LogP contribution in [0.5, 0.6) is 0 Å². The topological polar surface area (TPSA) is 59.8 Å². The van der Waals surface area contributed by atoms with Gasteiger partial charge in [-0.3, -0.25) is 4.79 Å². The van der Waals surface area contributed by atoms with E-state index in [2.05, 4.69) is 15.3 Å². The Kier molecular flexibility index (Phi) is 2.14. The predicted molar refractivity (Wildman–Crippen MR) is 51.6 cm³/mol. The smallest absolute Gasteiger partial charge is 0.239 e. The van der Waals surface area contributed by atoms with Crippen molar-refractivity contribution in [1.29, 1.82) is 0 Å². The van der Waals surface area contributed by atoms with Gasteiger partial charge in [-0.1, -0.05) is 0 Å². The Morgan fingerprint density at radius 3 is 3.21 bits per heavy atom. The van der Waals surface area contributed by atoms with E-state index in [-0.39, 0.29) is 12.5 Å². The van der Waals surface area contributed by atoms with Gasteiger partial charge < -0.3 is 9.88 Å². The summed E-state index contributed by atoms with van der Waals surface area (Å²) in [4.78, 5) is 19.3. The van der Waals surface area contributed by atoms with E-state index in [1.54, 1.807) is 24.1 Å². The predicted octanol–water partition coefficient (Wildman–Crippen LogP) is 0.177. The molecule has 72 valence electrons. The van der Waals surface area contributed by atoms with Crippen LogP contribution in [0.3, 0.4) is 0 Å². The van der Waals surface area contributed by atoms with Crippen molar-refractivity contribution in [2.24, 2.45) is 0 Å². The second-order valence-corrected chi connectivity index (χ2v) is 2.89. The maximum Gasteiger partial charge on any atom is 0.239 e. The van der Waals surface area contributed by atoms with Gasteiger partial charge in [-0.2, -0.15) is 0 Å². The number of hydrogen-bond donors (Lipinski definition) is 1. The molecular formula is C9H10N4O. The third kappa shape index (κ3) is 1.44. The van der Waals surface area contributed by atoms with E-state index in [9.17, 15) is 4.79 Å². The molecule has 2 aromatic heterocycles. The third-order valence-electron chi connectivity index (χ3n) is 1.99. The first-order valence-electron chi connectivity index (χ1n) is 4.27. The first-order valence-corrected chi connectivity index (χ1v) is 4.27. The molecule has 0 aliphatic heterocycles. The van der Waals surface area contributed by atoms with Crippen molar-refractivity contribution in [1.82, 2.24) is 19.9 Å². The number of amides is 1. The van der Waals surface area contributed by atoms with Gasteiger partial charge >= 0.3 is 0 Å². The molecule has 0 unspecified atom stereocenters. The minimum atomic E-state index is -0.0480. The van der Waals surface area contributed by atoms with Gasteiger partial charge in [0, 0.05) is 13.2 Å². The highest BCUT2D eigenvalue weighted by molar-refractivity contribution is 5.78. The van der Waals surface area contributed by atoms with Crippen molar-refractivity contribution in [2.45, 2.75) is 6.54 Å². The number of fused-ring (bicyclic) bond motifs is 1. The fourth-order valence-corrected chi connectivity index (χ4v) is 1.26. The molecule has 14 heavy (non-hydrogen) atoms. The van der Waals surface area contributed by atoms with Crippen LogP contribution in [0.4, 0.5) is 0 Å². The molecule has 0 aliphatic rings. The zero-order valence-corrected chi connectivity index (χ0v) is 7.77. The largest absolute Gasteiger partial charge is 0.358 e. The summed E-state index contributed by atoms with van der Waals surface area (Å²) in [5.41, 5.74) is 1.53. The monoisotopic (exact) mass is 190 g/mol. The molecule has 2 heterocycles. The molecule has 5 heteroatoms. The number of nitrogens with zero attached hydrogens (tertiary/aromatic N) is 3. The molecule has 0 aromatic carbocycles. The summed E-state index contributed by atoms with van der Waals surface area (Å²) in [5.74, 6) is -0.0480. The lowest BCUT2D eigenvalue weighted by atomic mass is 10.4. The van der Waals surface area contributed by atoms with Crippen molar-refractivity contribution in [3.05, 3.63) is 24.7 Å². The van der Waals surface area contributed by atoms with Crippen LogP contribution < -0.4 is 5.32 Å². The number of carbonyl (C=O) groups is 1. The highest BCUT2D eigenvalue weighted by atomic mass is 16.1. The van der Waals surface area contributed by atoms with E-state index in [1.165, 1.54) is 0 Å². The van der Waals surface area contributed by atoms with Crippen molar-refractivity contribution in [3.8, 4) is 0 Å². The van der Waals surface area contributed by atoms with E-state index in [1.807, 2.05) is 12.1 Å². The molecule has 0 fully saturated rings.